The van der Waals surface area contributed by atoms with E-state index in [1.807, 2.05) is 0 Å². The Morgan fingerprint density at radius 1 is 1.27 bits per heavy atom. The number of allylic oxidation sites excluding steroid dienone is 1. The Balaban J connectivity index is 4.67. The van der Waals surface area contributed by atoms with E-state index in [9.17, 15) is 0 Å². The Morgan fingerprint density at radius 2 is 1.64 bits per heavy atom. The highest BCUT2D eigenvalue weighted by molar-refractivity contribution is 6.43. The van der Waals surface area contributed by atoms with Crippen LogP contribution in [0.25, 0.3) is 0 Å². The van der Waals surface area contributed by atoms with Crippen LogP contribution < -0.4 is 0 Å². The van der Waals surface area contributed by atoms with Crippen molar-refractivity contribution in [2.45, 2.75) is 18.3 Å². The van der Waals surface area contributed by atoms with Gasteiger partial charge >= 0.3 is 5.97 Å². The fourth-order valence-electron chi connectivity index (χ4n) is 0.335. The topological polar surface area (TPSA) is 60.7 Å². The second-order valence-electron chi connectivity index (χ2n) is 1.91. The van der Waals surface area contributed by atoms with Crippen molar-refractivity contribution in [3.05, 3.63) is 10.1 Å². The third-order valence-corrected chi connectivity index (χ3v) is 2.25. The van der Waals surface area contributed by atoms with Gasteiger partial charge in [-0.1, -0.05) is 23.2 Å². The summed E-state index contributed by atoms with van der Waals surface area (Å²) in [5.41, 5.74) is 0. The Labute approximate surface area is 78.8 Å². The number of halogens is 3. The summed E-state index contributed by atoms with van der Waals surface area (Å²) in [5, 5.41) is 23.9. The van der Waals surface area contributed by atoms with E-state index in [1.54, 1.807) is 0 Å². The Hall–Kier alpha value is 0.490. The number of hydrogen-bond acceptors (Lipinski definition) is 3. The first kappa shape index (κ1) is 11.5. The smallest absolute Gasteiger partial charge is 0.316 e. The highest BCUT2D eigenvalue weighted by atomic mass is 35.5. The highest BCUT2D eigenvalue weighted by Gasteiger charge is 2.28. The maximum Gasteiger partial charge on any atom is 0.316 e. The van der Waals surface area contributed by atoms with E-state index < -0.39 is 16.4 Å². The normalized spacial score (nSPS) is 17.7. The van der Waals surface area contributed by atoms with Crippen LogP contribution in [0.3, 0.4) is 0 Å². The second-order valence-corrected chi connectivity index (χ2v) is 3.35. The largest absolute Gasteiger partial charge is 0.339 e. The molecule has 0 fully saturated rings. The van der Waals surface area contributed by atoms with E-state index in [0.29, 0.717) is 0 Å². The molecule has 3 N–H and O–H groups in total. The summed E-state index contributed by atoms with van der Waals surface area (Å²) in [7, 11) is 0. The molecule has 0 aromatic rings. The van der Waals surface area contributed by atoms with E-state index in [-0.39, 0.29) is 5.03 Å². The molecular weight excluding hydrogens is 214 g/mol. The average molecular weight is 221 g/mol. The van der Waals surface area contributed by atoms with E-state index >= 15 is 0 Å². The van der Waals surface area contributed by atoms with Crippen molar-refractivity contribution >= 4 is 34.8 Å². The third kappa shape index (κ3) is 3.60. The van der Waals surface area contributed by atoms with Crippen LogP contribution in [0.4, 0.5) is 0 Å². The van der Waals surface area contributed by atoms with Crippen molar-refractivity contribution in [1.29, 1.82) is 0 Å². The fourth-order valence-corrected chi connectivity index (χ4v) is 0.790. The molecule has 0 aliphatic heterocycles. The van der Waals surface area contributed by atoms with Crippen molar-refractivity contribution in [1.82, 2.24) is 0 Å². The van der Waals surface area contributed by atoms with E-state index in [0.717, 1.165) is 0 Å². The molecule has 0 spiro atoms. The van der Waals surface area contributed by atoms with Crippen LogP contribution in [0.1, 0.15) is 6.92 Å². The quantitative estimate of drug-likeness (QED) is 0.480. The molecule has 0 aromatic carbocycles. The van der Waals surface area contributed by atoms with Gasteiger partial charge in [0.2, 0.25) is 0 Å². The molecule has 0 aliphatic carbocycles. The molecule has 0 radical (unpaired) electrons. The molecule has 11 heavy (non-hydrogen) atoms. The van der Waals surface area contributed by atoms with Crippen LogP contribution in [0.15, 0.2) is 10.1 Å². The lowest BCUT2D eigenvalue weighted by Gasteiger charge is -2.15. The summed E-state index contributed by atoms with van der Waals surface area (Å²) in [6.07, 6.45) is 0. The van der Waals surface area contributed by atoms with Crippen LogP contribution in [0, 0.1) is 0 Å². The van der Waals surface area contributed by atoms with Crippen LogP contribution in [0.2, 0.25) is 0 Å². The molecule has 0 saturated heterocycles. The van der Waals surface area contributed by atoms with Crippen LogP contribution >= 0.6 is 34.8 Å². The fraction of sp³-hybridized carbons (Fsp3) is 0.600. The molecule has 0 heterocycles. The summed E-state index contributed by atoms with van der Waals surface area (Å²) < 4.78 is 0. The van der Waals surface area contributed by atoms with Crippen molar-refractivity contribution in [2.75, 3.05) is 0 Å². The molecule has 0 aliphatic rings. The van der Waals surface area contributed by atoms with E-state index in [1.165, 1.54) is 6.92 Å². The molecule has 6 heteroatoms. The molecular formula is C5H7Cl3O3. The maximum atomic E-state index is 8.48. The SMILES string of the molecule is CC(Cl)C(Cl)=C(Cl)C(O)(O)O. The van der Waals surface area contributed by atoms with Gasteiger partial charge in [0.05, 0.1) is 10.4 Å². The van der Waals surface area contributed by atoms with Gasteiger partial charge in [0, 0.05) is 0 Å². The summed E-state index contributed by atoms with van der Waals surface area (Å²) >= 11 is 16.0. The lowest BCUT2D eigenvalue weighted by molar-refractivity contribution is -0.277. The zero-order chi connectivity index (χ0) is 9.23. The maximum absolute atomic E-state index is 8.48. The van der Waals surface area contributed by atoms with Gasteiger partial charge in [-0.05, 0) is 6.92 Å². The van der Waals surface area contributed by atoms with Gasteiger partial charge in [0.1, 0.15) is 5.03 Å². The molecule has 0 aromatic heterocycles. The van der Waals surface area contributed by atoms with Crippen LogP contribution in [0.5, 0.6) is 0 Å². The zero-order valence-corrected chi connectivity index (χ0v) is 7.82. The standard InChI is InChI=1S/C5H7Cl3O3/c1-2(6)3(7)4(8)5(9,10)11/h2,9-11H,1H3. The van der Waals surface area contributed by atoms with Crippen LogP contribution in [-0.4, -0.2) is 26.7 Å². The number of hydrogen-bond donors (Lipinski definition) is 3. The first-order valence-corrected chi connectivity index (χ1v) is 3.83. The van der Waals surface area contributed by atoms with Gasteiger partial charge in [-0.15, -0.1) is 11.6 Å². The molecule has 1 unspecified atom stereocenters. The van der Waals surface area contributed by atoms with Gasteiger partial charge < -0.3 is 15.3 Å². The first-order valence-electron chi connectivity index (χ1n) is 2.63. The Morgan fingerprint density at radius 3 is 1.73 bits per heavy atom. The average Bonchev–Trinajstić information content (AvgIpc) is 1.82. The Bertz CT molecular complexity index is 170. The number of rotatable bonds is 2. The molecule has 0 amide bonds. The van der Waals surface area contributed by atoms with Crippen molar-refractivity contribution in [3.8, 4) is 0 Å². The monoisotopic (exact) mass is 220 g/mol. The zero-order valence-electron chi connectivity index (χ0n) is 5.55. The Kier molecular flexibility index (Phi) is 4.11. The summed E-state index contributed by atoms with van der Waals surface area (Å²) in [6.45, 7) is 1.47. The summed E-state index contributed by atoms with van der Waals surface area (Å²) in [6, 6.07) is 0. The van der Waals surface area contributed by atoms with Crippen LogP contribution in [-0.2, 0) is 0 Å². The lowest BCUT2D eigenvalue weighted by Crippen LogP contribution is -2.28. The van der Waals surface area contributed by atoms with E-state index in [2.05, 4.69) is 0 Å². The van der Waals surface area contributed by atoms with Gasteiger partial charge in [0.15, 0.2) is 0 Å². The minimum Gasteiger partial charge on any atom is -0.339 e. The minimum absolute atomic E-state index is 0.208. The molecule has 0 bridgehead atoms. The first-order chi connectivity index (χ1) is 4.76. The molecule has 0 saturated carbocycles. The van der Waals surface area contributed by atoms with Crippen molar-refractivity contribution in [3.63, 3.8) is 0 Å². The lowest BCUT2D eigenvalue weighted by atomic mass is 10.3. The molecule has 3 nitrogen and oxygen atoms in total. The van der Waals surface area contributed by atoms with Gasteiger partial charge in [0.25, 0.3) is 0 Å². The highest BCUT2D eigenvalue weighted by Crippen LogP contribution is 2.26. The predicted molar refractivity (Wildman–Crippen MR) is 43.4 cm³/mol. The molecule has 66 valence electrons. The molecule has 1 atom stereocenters. The predicted octanol–water partition coefficient (Wildman–Crippen LogP) is 0.934. The number of aliphatic hydroxyl groups is 3. The van der Waals surface area contributed by atoms with Gasteiger partial charge in [-0.25, -0.2) is 0 Å². The van der Waals surface area contributed by atoms with Crippen molar-refractivity contribution in [2.24, 2.45) is 0 Å². The summed E-state index contributed by atoms with van der Waals surface area (Å²) in [4.78, 5) is 0. The van der Waals surface area contributed by atoms with Gasteiger partial charge in [-0.3, -0.25) is 0 Å². The summed E-state index contributed by atoms with van der Waals surface area (Å²) in [5.74, 6) is -3.11. The van der Waals surface area contributed by atoms with Gasteiger partial charge in [-0.2, -0.15) is 0 Å². The minimum atomic E-state index is -3.11. The third-order valence-electron chi connectivity index (χ3n) is 0.853. The molecule has 0 rings (SSSR count). The van der Waals surface area contributed by atoms with Crippen molar-refractivity contribution < 1.29 is 15.3 Å². The second kappa shape index (κ2) is 3.94. The number of alkyl halides is 1. The van der Waals surface area contributed by atoms with E-state index in [4.69, 9.17) is 50.1 Å².